The lowest BCUT2D eigenvalue weighted by Crippen LogP contribution is -2.19. The zero-order valence-electron chi connectivity index (χ0n) is 8.87. The van der Waals surface area contributed by atoms with Crippen LogP contribution in [-0.4, -0.2) is 11.7 Å². The third kappa shape index (κ3) is 2.08. The monoisotopic (exact) mass is 227 g/mol. The molecule has 0 bridgehead atoms. The van der Waals surface area contributed by atoms with E-state index in [0.29, 0.717) is 18.4 Å². The molecule has 2 nitrogen and oxygen atoms in total. The maximum absolute atomic E-state index is 13.8. The van der Waals surface area contributed by atoms with Crippen molar-refractivity contribution >= 4 is 0 Å². The van der Waals surface area contributed by atoms with Crippen molar-refractivity contribution in [1.82, 2.24) is 0 Å². The first-order chi connectivity index (χ1) is 7.55. The first-order valence-corrected chi connectivity index (χ1v) is 5.40. The van der Waals surface area contributed by atoms with E-state index in [1.54, 1.807) is 12.1 Å². The van der Waals surface area contributed by atoms with E-state index in [2.05, 4.69) is 0 Å². The van der Waals surface area contributed by atoms with Crippen molar-refractivity contribution in [3.63, 3.8) is 0 Å². The van der Waals surface area contributed by atoms with Crippen LogP contribution in [0.15, 0.2) is 24.3 Å². The molecular weight excluding hydrogens is 212 g/mol. The summed E-state index contributed by atoms with van der Waals surface area (Å²) >= 11 is 0. The molecule has 1 aliphatic rings. The highest BCUT2D eigenvalue weighted by Gasteiger charge is 2.47. The normalized spacial score (nSPS) is 18.5. The number of aliphatic hydroxyl groups excluding tert-OH is 1. The molecule has 3 N–H and O–H groups in total. The predicted molar refractivity (Wildman–Crippen MR) is 57.1 cm³/mol. The van der Waals surface area contributed by atoms with Gasteiger partial charge in [0.2, 0.25) is 0 Å². The molecule has 1 aromatic carbocycles. The lowest BCUT2D eigenvalue weighted by Gasteiger charge is -2.18. The molecule has 1 aliphatic carbocycles. The van der Waals surface area contributed by atoms with Gasteiger partial charge in [-0.25, -0.2) is 8.78 Å². The topological polar surface area (TPSA) is 46.2 Å². The average molecular weight is 227 g/mol. The minimum absolute atomic E-state index is 0.0106. The highest BCUT2D eigenvalue weighted by atomic mass is 19.3. The summed E-state index contributed by atoms with van der Waals surface area (Å²) in [5.74, 6) is -3.28. The molecule has 0 radical (unpaired) electrons. The molecule has 1 unspecified atom stereocenters. The zero-order valence-corrected chi connectivity index (χ0v) is 8.87. The van der Waals surface area contributed by atoms with E-state index in [9.17, 15) is 8.78 Å². The van der Waals surface area contributed by atoms with Crippen molar-refractivity contribution in [2.75, 3.05) is 6.61 Å². The summed E-state index contributed by atoms with van der Waals surface area (Å²) in [6, 6.07) is 5.46. The van der Waals surface area contributed by atoms with Crippen LogP contribution in [0, 0.1) is 5.92 Å². The number of hydrogen-bond acceptors (Lipinski definition) is 2. The third-order valence-electron chi connectivity index (χ3n) is 2.99. The lowest BCUT2D eigenvalue weighted by molar-refractivity contribution is -0.0286. The van der Waals surface area contributed by atoms with E-state index < -0.39 is 17.9 Å². The van der Waals surface area contributed by atoms with Gasteiger partial charge in [-0.15, -0.1) is 0 Å². The van der Waals surface area contributed by atoms with Crippen molar-refractivity contribution in [3.8, 4) is 0 Å². The Morgan fingerprint density at radius 2 is 2.12 bits per heavy atom. The Morgan fingerprint density at radius 3 is 2.69 bits per heavy atom. The fourth-order valence-electron chi connectivity index (χ4n) is 1.76. The smallest absolute Gasteiger partial charge is 0.276 e. The van der Waals surface area contributed by atoms with E-state index in [4.69, 9.17) is 10.8 Å². The van der Waals surface area contributed by atoms with Crippen molar-refractivity contribution in [1.29, 1.82) is 0 Å². The Balaban J connectivity index is 2.28. The minimum Gasteiger partial charge on any atom is -0.394 e. The summed E-state index contributed by atoms with van der Waals surface area (Å²) in [6.45, 7) is -0.238. The maximum atomic E-state index is 13.8. The summed E-state index contributed by atoms with van der Waals surface area (Å²) < 4.78 is 27.6. The molecule has 0 aromatic heterocycles. The Labute approximate surface area is 93.1 Å². The molecule has 88 valence electrons. The van der Waals surface area contributed by atoms with Gasteiger partial charge in [0.1, 0.15) is 0 Å². The van der Waals surface area contributed by atoms with E-state index in [1.807, 2.05) is 0 Å². The van der Waals surface area contributed by atoms with Gasteiger partial charge >= 0.3 is 0 Å². The van der Waals surface area contributed by atoms with Crippen LogP contribution in [0.25, 0.3) is 0 Å². The number of aliphatic hydroxyl groups is 1. The van der Waals surface area contributed by atoms with Crippen LogP contribution in [0.4, 0.5) is 8.78 Å². The Morgan fingerprint density at radius 1 is 1.44 bits per heavy atom. The summed E-state index contributed by atoms with van der Waals surface area (Å²) in [5, 5.41) is 8.89. The van der Waals surface area contributed by atoms with Crippen LogP contribution in [0.2, 0.25) is 0 Å². The summed E-state index contributed by atoms with van der Waals surface area (Å²) in [7, 11) is 0. The van der Waals surface area contributed by atoms with Crippen molar-refractivity contribution < 1.29 is 13.9 Å². The summed E-state index contributed by atoms with van der Waals surface area (Å²) in [5.41, 5.74) is 6.17. The van der Waals surface area contributed by atoms with Gasteiger partial charge < -0.3 is 10.8 Å². The Kier molecular flexibility index (Phi) is 2.95. The van der Waals surface area contributed by atoms with Gasteiger partial charge in [-0.3, -0.25) is 0 Å². The molecular formula is C12H15F2NO. The van der Waals surface area contributed by atoms with Gasteiger partial charge in [-0.2, -0.15) is 0 Å². The summed E-state index contributed by atoms with van der Waals surface area (Å²) in [4.78, 5) is 0. The number of hydrogen-bond donors (Lipinski definition) is 2. The number of nitrogens with two attached hydrogens (primary N) is 1. The van der Waals surface area contributed by atoms with Crippen LogP contribution in [-0.2, 0) is 5.92 Å². The predicted octanol–water partition coefficient (Wildman–Crippen LogP) is 2.18. The van der Waals surface area contributed by atoms with Crippen molar-refractivity contribution in [2.45, 2.75) is 24.8 Å². The van der Waals surface area contributed by atoms with Crippen molar-refractivity contribution in [3.05, 3.63) is 35.4 Å². The molecule has 2 rings (SSSR count). The minimum atomic E-state index is -2.76. The average Bonchev–Trinajstić information content (AvgIpc) is 3.12. The number of benzene rings is 1. The standard InChI is InChI=1S/C12H15F2NO/c13-12(14,9-4-5-9)10-3-1-2-8(6-10)11(15)7-16/h1-3,6,9,11,16H,4-5,7,15H2. The molecule has 0 amide bonds. The fraction of sp³-hybridized carbons (Fsp3) is 0.500. The molecule has 1 atom stereocenters. The highest BCUT2D eigenvalue weighted by molar-refractivity contribution is 5.30. The molecule has 0 saturated heterocycles. The van der Waals surface area contributed by atoms with Gasteiger partial charge in [0.05, 0.1) is 12.6 Å². The zero-order chi connectivity index (χ0) is 11.8. The molecule has 16 heavy (non-hydrogen) atoms. The second-order valence-electron chi connectivity index (χ2n) is 4.31. The van der Waals surface area contributed by atoms with Gasteiger partial charge in [-0.05, 0) is 24.5 Å². The molecule has 1 fully saturated rings. The maximum Gasteiger partial charge on any atom is 0.276 e. The molecule has 0 spiro atoms. The lowest BCUT2D eigenvalue weighted by atomic mass is 9.99. The molecule has 1 saturated carbocycles. The second-order valence-corrected chi connectivity index (χ2v) is 4.31. The SMILES string of the molecule is NC(CO)c1cccc(C(F)(F)C2CC2)c1. The first kappa shape index (κ1) is 11.5. The van der Waals surface area contributed by atoms with Crippen molar-refractivity contribution in [2.24, 2.45) is 11.7 Å². The van der Waals surface area contributed by atoms with Crippen LogP contribution < -0.4 is 5.73 Å². The van der Waals surface area contributed by atoms with Crippen LogP contribution in [0.5, 0.6) is 0 Å². The first-order valence-electron chi connectivity index (χ1n) is 5.40. The number of rotatable bonds is 4. The largest absolute Gasteiger partial charge is 0.394 e. The van der Waals surface area contributed by atoms with Gasteiger partial charge in [-0.1, -0.05) is 18.2 Å². The second kappa shape index (κ2) is 4.11. The van der Waals surface area contributed by atoms with Gasteiger partial charge in [0.15, 0.2) is 0 Å². The van der Waals surface area contributed by atoms with E-state index >= 15 is 0 Å². The van der Waals surface area contributed by atoms with E-state index in [-0.39, 0.29) is 12.2 Å². The van der Waals surface area contributed by atoms with E-state index in [1.165, 1.54) is 12.1 Å². The molecule has 0 aliphatic heterocycles. The summed E-state index contributed by atoms with van der Waals surface area (Å²) in [6.07, 6.45) is 1.17. The highest BCUT2D eigenvalue weighted by Crippen LogP contribution is 2.49. The number of halogens is 2. The fourth-order valence-corrected chi connectivity index (χ4v) is 1.76. The quantitative estimate of drug-likeness (QED) is 0.828. The van der Waals surface area contributed by atoms with Crippen LogP contribution in [0.3, 0.4) is 0 Å². The molecule has 0 heterocycles. The molecule has 1 aromatic rings. The number of alkyl halides is 2. The van der Waals surface area contributed by atoms with Crippen LogP contribution >= 0.6 is 0 Å². The van der Waals surface area contributed by atoms with Gasteiger partial charge in [0.25, 0.3) is 5.92 Å². The van der Waals surface area contributed by atoms with Gasteiger partial charge in [0, 0.05) is 11.5 Å². The Bertz CT molecular complexity index is 377. The third-order valence-corrected chi connectivity index (χ3v) is 2.99. The van der Waals surface area contributed by atoms with Crippen LogP contribution in [0.1, 0.15) is 30.0 Å². The Hall–Kier alpha value is -1.00. The molecule has 4 heteroatoms. The van der Waals surface area contributed by atoms with E-state index in [0.717, 1.165) is 0 Å².